The lowest BCUT2D eigenvalue weighted by Gasteiger charge is -2.18. The Bertz CT molecular complexity index is 1100. The average molecular weight is 404 g/mol. The van der Waals surface area contributed by atoms with Crippen molar-refractivity contribution in [1.82, 2.24) is 14.3 Å². The fourth-order valence-electron chi connectivity index (χ4n) is 2.95. The van der Waals surface area contributed by atoms with Gasteiger partial charge in [-0.25, -0.2) is 13.4 Å². The van der Waals surface area contributed by atoms with Gasteiger partial charge in [-0.2, -0.15) is 4.31 Å². The van der Waals surface area contributed by atoms with Crippen LogP contribution in [0.1, 0.15) is 30.8 Å². The highest BCUT2D eigenvalue weighted by atomic mass is 35.5. The van der Waals surface area contributed by atoms with Crippen molar-refractivity contribution in [3.05, 3.63) is 59.4 Å². The smallest absolute Gasteiger partial charge is 0.243 e. The van der Waals surface area contributed by atoms with Crippen LogP contribution < -0.4 is 0 Å². The van der Waals surface area contributed by atoms with E-state index in [0.717, 1.165) is 11.1 Å². The highest BCUT2D eigenvalue weighted by molar-refractivity contribution is 7.89. The van der Waals surface area contributed by atoms with Gasteiger partial charge in [-0.3, -0.25) is 0 Å². The number of benzene rings is 2. The molecule has 3 rings (SSSR count). The van der Waals surface area contributed by atoms with E-state index in [9.17, 15) is 8.42 Å². The van der Waals surface area contributed by atoms with Crippen molar-refractivity contribution < 1.29 is 8.42 Å². The summed E-state index contributed by atoms with van der Waals surface area (Å²) in [4.78, 5) is 7.84. The lowest BCUT2D eigenvalue weighted by atomic mass is 10.1. The van der Waals surface area contributed by atoms with Crippen molar-refractivity contribution in [3.8, 4) is 0 Å². The first kappa shape index (κ1) is 19.6. The van der Waals surface area contributed by atoms with Crippen LogP contribution in [0.4, 0.5) is 0 Å². The number of hydrogen-bond donors (Lipinski definition) is 1. The summed E-state index contributed by atoms with van der Waals surface area (Å²) in [5, 5.41) is 0.463. The highest BCUT2D eigenvalue weighted by Gasteiger charge is 2.22. The number of nitrogens with zero attached hydrogens (tertiary/aromatic N) is 2. The molecule has 1 aromatic heterocycles. The van der Waals surface area contributed by atoms with Crippen LogP contribution in [0.2, 0.25) is 0 Å². The molecule has 0 aliphatic heterocycles. The van der Waals surface area contributed by atoms with Gasteiger partial charge in [0.1, 0.15) is 5.82 Å². The number of H-pyrrole nitrogens is 1. The van der Waals surface area contributed by atoms with Crippen LogP contribution in [0.5, 0.6) is 0 Å². The van der Waals surface area contributed by atoms with E-state index in [-0.39, 0.29) is 4.90 Å². The Labute approximate surface area is 164 Å². The molecule has 0 saturated carbocycles. The molecule has 0 bridgehead atoms. The minimum absolute atomic E-state index is 0.243. The van der Waals surface area contributed by atoms with Crippen LogP contribution in [0.25, 0.3) is 22.1 Å². The molecule has 0 saturated heterocycles. The van der Waals surface area contributed by atoms with Gasteiger partial charge in [-0.05, 0) is 36.8 Å². The summed E-state index contributed by atoms with van der Waals surface area (Å²) >= 11 is 6.43. The maximum absolute atomic E-state index is 12.7. The van der Waals surface area contributed by atoms with Crippen LogP contribution in [0.3, 0.4) is 0 Å². The first-order valence-corrected chi connectivity index (χ1v) is 10.6. The molecule has 0 amide bonds. The zero-order valence-electron chi connectivity index (χ0n) is 15.5. The van der Waals surface area contributed by atoms with Crippen molar-refractivity contribution in [3.63, 3.8) is 0 Å². The Morgan fingerprint density at radius 2 is 1.93 bits per heavy atom. The van der Waals surface area contributed by atoms with Crippen molar-refractivity contribution >= 4 is 43.8 Å². The molecule has 0 unspecified atom stereocenters. The minimum Gasteiger partial charge on any atom is -0.337 e. The van der Waals surface area contributed by atoms with Crippen molar-refractivity contribution in [2.75, 3.05) is 13.1 Å². The van der Waals surface area contributed by atoms with Gasteiger partial charge in [-0.1, -0.05) is 55.3 Å². The van der Waals surface area contributed by atoms with Crippen LogP contribution >= 0.6 is 11.6 Å². The van der Waals surface area contributed by atoms with Gasteiger partial charge < -0.3 is 4.98 Å². The topological polar surface area (TPSA) is 66.1 Å². The average Bonchev–Trinajstić information content (AvgIpc) is 3.06. The second-order valence-corrected chi connectivity index (χ2v) is 8.61. The van der Waals surface area contributed by atoms with Gasteiger partial charge >= 0.3 is 0 Å². The second kappa shape index (κ2) is 7.84. The summed E-state index contributed by atoms with van der Waals surface area (Å²) in [5.41, 5.74) is 3.42. The zero-order chi connectivity index (χ0) is 19.6. The second-order valence-electron chi connectivity index (χ2n) is 6.26. The number of aryl methyl sites for hydroxylation is 1. The largest absolute Gasteiger partial charge is 0.337 e. The predicted molar refractivity (Wildman–Crippen MR) is 111 cm³/mol. The van der Waals surface area contributed by atoms with Crippen molar-refractivity contribution in [2.45, 2.75) is 25.7 Å². The van der Waals surface area contributed by atoms with Gasteiger partial charge in [0.05, 0.1) is 21.0 Å². The molecule has 5 nitrogen and oxygen atoms in total. The predicted octanol–water partition coefficient (Wildman–Crippen LogP) is 4.64. The standard InChI is InChI=1S/C20H22ClN3O2S/c1-4-24(5-2)27(25,26)16-9-10-18-19(13-16)23-20(22-18)17(21)12-15-8-6-7-14(3)11-15/h6-13H,4-5H2,1-3H3,(H,22,23). The Morgan fingerprint density at radius 3 is 2.59 bits per heavy atom. The molecule has 1 N–H and O–H groups in total. The van der Waals surface area contributed by atoms with Crippen LogP contribution in [0.15, 0.2) is 47.4 Å². The minimum atomic E-state index is -3.52. The number of imidazole rings is 1. The molecule has 0 fully saturated rings. The van der Waals surface area contributed by atoms with Crippen molar-refractivity contribution in [1.29, 1.82) is 0 Å². The van der Waals surface area contributed by atoms with Crippen LogP contribution in [-0.4, -0.2) is 35.8 Å². The third kappa shape index (κ3) is 4.08. The Kier molecular flexibility index (Phi) is 5.69. The lowest BCUT2D eigenvalue weighted by Crippen LogP contribution is -2.30. The van der Waals surface area contributed by atoms with Gasteiger partial charge in [0, 0.05) is 13.1 Å². The molecule has 0 radical (unpaired) electrons. The van der Waals surface area contributed by atoms with E-state index in [1.165, 1.54) is 4.31 Å². The van der Waals surface area contributed by atoms with E-state index in [1.807, 2.05) is 51.1 Å². The monoisotopic (exact) mass is 403 g/mol. The molecule has 142 valence electrons. The number of sulfonamides is 1. The summed E-state index contributed by atoms with van der Waals surface area (Å²) < 4.78 is 26.8. The Hall–Kier alpha value is -2.15. The van der Waals surface area contributed by atoms with Gasteiger partial charge in [-0.15, -0.1) is 0 Å². The maximum atomic E-state index is 12.7. The number of halogens is 1. The molecular formula is C20H22ClN3O2S. The van der Waals surface area contributed by atoms with E-state index in [2.05, 4.69) is 9.97 Å². The summed E-state index contributed by atoms with van der Waals surface area (Å²) in [6.07, 6.45) is 1.83. The molecule has 0 aliphatic carbocycles. The molecule has 3 aromatic rings. The van der Waals surface area contributed by atoms with Gasteiger partial charge in [0.2, 0.25) is 10.0 Å². The van der Waals surface area contributed by atoms with Crippen LogP contribution in [0, 0.1) is 6.92 Å². The quantitative estimate of drug-likeness (QED) is 0.652. The van der Waals surface area contributed by atoms with E-state index in [4.69, 9.17) is 11.6 Å². The van der Waals surface area contributed by atoms with E-state index < -0.39 is 10.0 Å². The normalized spacial score (nSPS) is 12.9. The fraction of sp³-hybridized carbons (Fsp3) is 0.250. The summed E-state index contributed by atoms with van der Waals surface area (Å²) in [6.45, 7) is 6.52. The molecular weight excluding hydrogens is 382 g/mol. The van der Waals surface area contributed by atoms with Gasteiger partial charge in [0.15, 0.2) is 0 Å². The van der Waals surface area contributed by atoms with E-state index >= 15 is 0 Å². The molecule has 27 heavy (non-hydrogen) atoms. The number of aromatic nitrogens is 2. The Balaban J connectivity index is 1.99. The fourth-order valence-corrected chi connectivity index (χ4v) is 4.65. The maximum Gasteiger partial charge on any atom is 0.243 e. The molecule has 7 heteroatoms. The number of fused-ring (bicyclic) bond motifs is 1. The summed E-state index contributed by atoms with van der Waals surface area (Å²) in [6, 6.07) is 12.9. The molecule has 2 aromatic carbocycles. The molecule has 0 aliphatic rings. The number of nitrogens with one attached hydrogen (secondary N) is 1. The molecule has 1 heterocycles. The number of hydrogen-bond acceptors (Lipinski definition) is 3. The highest BCUT2D eigenvalue weighted by Crippen LogP contribution is 2.25. The summed E-state index contributed by atoms with van der Waals surface area (Å²) in [7, 11) is -3.52. The third-order valence-corrected chi connectivity index (χ3v) is 6.69. The lowest BCUT2D eigenvalue weighted by molar-refractivity contribution is 0.445. The van der Waals surface area contributed by atoms with E-state index in [1.54, 1.807) is 18.2 Å². The number of aromatic amines is 1. The summed E-state index contributed by atoms with van der Waals surface area (Å²) in [5.74, 6) is 0.505. The molecule has 0 spiro atoms. The first-order valence-electron chi connectivity index (χ1n) is 8.79. The van der Waals surface area contributed by atoms with E-state index in [0.29, 0.717) is 35.0 Å². The number of rotatable bonds is 6. The Morgan fingerprint density at radius 1 is 1.19 bits per heavy atom. The van der Waals surface area contributed by atoms with Crippen LogP contribution in [-0.2, 0) is 10.0 Å². The third-order valence-electron chi connectivity index (χ3n) is 4.36. The first-order chi connectivity index (χ1) is 12.8. The molecule has 0 atom stereocenters. The SMILES string of the molecule is CCN(CC)S(=O)(=O)c1ccc2nc(C(Cl)=Cc3cccc(C)c3)[nH]c2c1. The van der Waals surface area contributed by atoms with Gasteiger partial charge in [0.25, 0.3) is 0 Å². The zero-order valence-corrected chi connectivity index (χ0v) is 17.1. The van der Waals surface area contributed by atoms with Crippen molar-refractivity contribution in [2.24, 2.45) is 0 Å².